The van der Waals surface area contributed by atoms with E-state index in [1.807, 2.05) is 0 Å². The molecule has 2 saturated carbocycles. The Balaban J connectivity index is 1.59. The molecule has 20 heavy (non-hydrogen) atoms. The molecule has 4 unspecified atom stereocenters. The Kier molecular flexibility index (Phi) is 3.85. The van der Waals surface area contributed by atoms with E-state index in [4.69, 9.17) is 5.73 Å². The number of amides is 2. The molecule has 3 rings (SSSR count). The molecule has 0 aromatic carbocycles. The first-order valence-corrected chi connectivity index (χ1v) is 8.22. The molecule has 0 bridgehead atoms. The van der Waals surface area contributed by atoms with Gasteiger partial charge in [0.2, 0.25) is 11.8 Å². The van der Waals surface area contributed by atoms with Gasteiger partial charge < -0.3 is 5.73 Å². The van der Waals surface area contributed by atoms with Crippen molar-refractivity contribution in [2.24, 2.45) is 29.4 Å². The van der Waals surface area contributed by atoms with Gasteiger partial charge in [0.1, 0.15) is 0 Å². The van der Waals surface area contributed by atoms with E-state index in [9.17, 15) is 9.59 Å². The number of likely N-dealkylation sites (tertiary alicyclic amines) is 1. The standard InChI is InChI=1S/C16H26N2O2/c1-2-10-8-12-13(9-10)16(20)18(15(12)19)7-6-11-4-3-5-14(11)17/h10-14H,2-9,17H2,1H3. The van der Waals surface area contributed by atoms with E-state index in [0.29, 0.717) is 18.4 Å². The number of hydrogen-bond donors (Lipinski definition) is 1. The minimum absolute atomic E-state index is 0.00954. The molecule has 4 heteroatoms. The lowest BCUT2D eigenvalue weighted by Gasteiger charge is -2.21. The van der Waals surface area contributed by atoms with Gasteiger partial charge in [-0.05, 0) is 43.9 Å². The monoisotopic (exact) mass is 278 g/mol. The molecule has 2 N–H and O–H groups in total. The first-order chi connectivity index (χ1) is 9.61. The van der Waals surface area contributed by atoms with Crippen molar-refractivity contribution in [3.63, 3.8) is 0 Å². The highest BCUT2D eigenvalue weighted by Crippen LogP contribution is 2.44. The number of rotatable bonds is 4. The average Bonchev–Trinajstić information content (AvgIpc) is 3.09. The highest BCUT2D eigenvalue weighted by molar-refractivity contribution is 6.05. The molecule has 0 spiro atoms. The Hall–Kier alpha value is -0.900. The Morgan fingerprint density at radius 3 is 2.30 bits per heavy atom. The van der Waals surface area contributed by atoms with Crippen LogP contribution < -0.4 is 5.73 Å². The number of nitrogens with two attached hydrogens (primary N) is 1. The van der Waals surface area contributed by atoms with Gasteiger partial charge >= 0.3 is 0 Å². The lowest BCUT2D eigenvalue weighted by Crippen LogP contribution is -2.36. The lowest BCUT2D eigenvalue weighted by atomic mass is 9.99. The fourth-order valence-corrected chi connectivity index (χ4v) is 4.47. The Morgan fingerprint density at radius 1 is 1.15 bits per heavy atom. The Morgan fingerprint density at radius 2 is 1.80 bits per heavy atom. The highest BCUT2D eigenvalue weighted by Gasteiger charge is 2.52. The summed E-state index contributed by atoms with van der Waals surface area (Å²) in [6, 6.07) is 0.270. The quantitative estimate of drug-likeness (QED) is 0.799. The smallest absolute Gasteiger partial charge is 0.233 e. The van der Waals surface area contributed by atoms with Gasteiger partial charge in [-0.1, -0.05) is 19.8 Å². The number of carbonyl (C=O) groups is 2. The van der Waals surface area contributed by atoms with Crippen LogP contribution in [0.15, 0.2) is 0 Å². The largest absolute Gasteiger partial charge is 0.327 e. The van der Waals surface area contributed by atoms with E-state index in [2.05, 4.69) is 6.92 Å². The predicted octanol–water partition coefficient (Wildman–Crippen LogP) is 1.93. The molecule has 1 saturated heterocycles. The molecule has 2 aliphatic carbocycles. The van der Waals surface area contributed by atoms with E-state index < -0.39 is 0 Å². The maximum Gasteiger partial charge on any atom is 0.233 e. The van der Waals surface area contributed by atoms with Crippen molar-refractivity contribution < 1.29 is 9.59 Å². The normalized spacial score (nSPS) is 40.7. The van der Waals surface area contributed by atoms with Crippen LogP contribution in [0.1, 0.15) is 51.9 Å². The second kappa shape index (κ2) is 5.47. The summed E-state index contributed by atoms with van der Waals surface area (Å²) in [7, 11) is 0. The minimum atomic E-state index is -0.00954. The molecular formula is C16H26N2O2. The minimum Gasteiger partial charge on any atom is -0.327 e. The third-order valence-corrected chi connectivity index (χ3v) is 5.85. The van der Waals surface area contributed by atoms with Crippen LogP contribution in [0, 0.1) is 23.7 Å². The first-order valence-electron chi connectivity index (χ1n) is 8.22. The number of carbonyl (C=O) groups excluding carboxylic acids is 2. The van der Waals surface area contributed by atoms with E-state index in [-0.39, 0.29) is 29.7 Å². The van der Waals surface area contributed by atoms with Gasteiger partial charge in [0.05, 0.1) is 11.8 Å². The fraction of sp³-hybridized carbons (Fsp3) is 0.875. The molecule has 3 fully saturated rings. The van der Waals surface area contributed by atoms with Gasteiger partial charge in [0.15, 0.2) is 0 Å². The van der Waals surface area contributed by atoms with Gasteiger partial charge in [-0.2, -0.15) is 0 Å². The zero-order valence-corrected chi connectivity index (χ0v) is 12.4. The first kappa shape index (κ1) is 14.1. The Labute approximate surface area is 121 Å². The van der Waals surface area contributed by atoms with Crippen molar-refractivity contribution in [3.05, 3.63) is 0 Å². The van der Waals surface area contributed by atoms with Crippen LogP contribution in [-0.4, -0.2) is 29.3 Å². The summed E-state index contributed by atoms with van der Waals surface area (Å²) in [5.41, 5.74) is 6.07. The second-order valence-corrected chi connectivity index (χ2v) is 6.93. The molecule has 4 nitrogen and oxygen atoms in total. The molecule has 112 valence electrons. The van der Waals surface area contributed by atoms with Crippen LogP contribution in [-0.2, 0) is 9.59 Å². The molecular weight excluding hydrogens is 252 g/mol. The van der Waals surface area contributed by atoms with Gasteiger partial charge in [-0.25, -0.2) is 0 Å². The number of nitrogens with zero attached hydrogens (tertiary/aromatic N) is 1. The number of hydrogen-bond acceptors (Lipinski definition) is 3. The molecule has 1 heterocycles. The molecule has 0 radical (unpaired) electrons. The summed E-state index contributed by atoms with van der Waals surface area (Å²) < 4.78 is 0. The third-order valence-electron chi connectivity index (χ3n) is 5.85. The Bertz CT molecular complexity index is 385. The van der Waals surface area contributed by atoms with Crippen LogP contribution in [0.25, 0.3) is 0 Å². The van der Waals surface area contributed by atoms with Crippen molar-refractivity contribution in [3.8, 4) is 0 Å². The van der Waals surface area contributed by atoms with Crippen LogP contribution in [0.4, 0.5) is 0 Å². The van der Waals surface area contributed by atoms with Crippen molar-refractivity contribution in [1.29, 1.82) is 0 Å². The number of fused-ring (bicyclic) bond motifs is 1. The van der Waals surface area contributed by atoms with E-state index >= 15 is 0 Å². The van der Waals surface area contributed by atoms with E-state index in [0.717, 1.165) is 38.5 Å². The summed E-state index contributed by atoms with van der Waals surface area (Å²) in [6.07, 6.45) is 7.27. The van der Waals surface area contributed by atoms with Gasteiger partial charge in [0, 0.05) is 12.6 Å². The summed E-state index contributed by atoms with van der Waals surface area (Å²) in [4.78, 5) is 26.4. The van der Waals surface area contributed by atoms with Crippen molar-refractivity contribution in [2.75, 3.05) is 6.54 Å². The summed E-state index contributed by atoms with van der Waals surface area (Å²) in [5.74, 6) is 1.25. The van der Waals surface area contributed by atoms with Crippen molar-refractivity contribution in [1.82, 2.24) is 4.90 Å². The predicted molar refractivity (Wildman–Crippen MR) is 76.6 cm³/mol. The number of imide groups is 1. The zero-order valence-electron chi connectivity index (χ0n) is 12.4. The molecule has 0 aromatic heterocycles. The maximum atomic E-state index is 12.4. The topological polar surface area (TPSA) is 63.4 Å². The molecule has 2 amide bonds. The van der Waals surface area contributed by atoms with Crippen molar-refractivity contribution >= 4 is 11.8 Å². The van der Waals surface area contributed by atoms with Gasteiger partial charge in [-0.15, -0.1) is 0 Å². The van der Waals surface area contributed by atoms with Crippen LogP contribution in [0.2, 0.25) is 0 Å². The summed E-state index contributed by atoms with van der Waals surface area (Å²) in [5, 5.41) is 0. The zero-order chi connectivity index (χ0) is 14.3. The molecule has 1 aliphatic heterocycles. The summed E-state index contributed by atoms with van der Waals surface area (Å²) in [6.45, 7) is 2.75. The average molecular weight is 278 g/mol. The van der Waals surface area contributed by atoms with E-state index in [1.165, 1.54) is 6.42 Å². The third kappa shape index (κ3) is 2.28. The van der Waals surface area contributed by atoms with E-state index in [1.54, 1.807) is 4.90 Å². The van der Waals surface area contributed by atoms with Crippen molar-refractivity contribution in [2.45, 2.75) is 57.9 Å². The molecule has 0 aromatic rings. The maximum absolute atomic E-state index is 12.4. The highest BCUT2D eigenvalue weighted by atomic mass is 16.2. The van der Waals surface area contributed by atoms with Crippen LogP contribution in [0.3, 0.4) is 0 Å². The van der Waals surface area contributed by atoms with Crippen LogP contribution in [0.5, 0.6) is 0 Å². The SMILES string of the molecule is CCC1CC2C(=O)N(CCC3CCCC3N)C(=O)C2C1. The van der Waals surface area contributed by atoms with Gasteiger partial charge in [-0.3, -0.25) is 14.5 Å². The molecule has 3 aliphatic rings. The van der Waals surface area contributed by atoms with Gasteiger partial charge in [0.25, 0.3) is 0 Å². The fourth-order valence-electron chi connectivity index (χ4n) is 4.47. The lowest BCUT2D eigenvalue weighted by molar-refractivity contribution is -0.140. The van der Waals surface area contributed by atoms with Crippen LogP contribution >= 0.6 is 0 Å². The summed E-state index contributed by atoms with van der Waals surface area (Å²) >= 11 is 0. The molecule has 4 atom stereocenters. The second-order valence-electron chi connectivity index (χ2n) is 6.93.